The van der Waals surface area contributed by atoms with Crippen LogP contribution < -0.4 is 5.73 Å². The summed E-state index contributed by atoms with van der Waals surface area (Å²) in [4.78, 5) is 8.55. The highest BCUT2D eigenvalue weighted by Gasteiger charge is 2.37. The van der Waals surface area contributed by atoms with Crippen molar-refractivity contribution in [2.24, 2.45) is 0 Å². The SMILES string of the molecule is CCOC1(c2ncc(N)cn2)CCOCC1. The minimum atomic E-state index is -0.388. The molecular weight excluding hydrogens is 206 g/mol. The van der Waals surface area contributed by atoms with Crippen LogP contribution in [0.15, 0.2) is 12.4 Å². The molecule has 1 aromatic rings. The van der Waals surface area contributed by atoms with E-state index in [1.54, 1.807) is 12.4 Å². The highest BCUT2D eigenvalue weighted by molar-refractivity contribution is 5.30. The Bertz CT molecular complexity index is 328. The van der Waals surface area contributed by atoms with Crippen LogP contribution in [0, 0.1) is 0 Å². The van der Waals surface area contributed by atoms with Gasteiger partial charge in [0.25, 0.3) is 0 Å². The quantitative estimate of drug-likeness (QED) is 0.831. The summed E-state index contributed by atoms with van der Waals surface area (Å²) in [5, 5.41) is 0. The second-order valence-corrected chi connectivity index (χ2v) is 3.88. The number of anilines is 1. The van der Waals surface area contributed by atoms with Gasteiger partial charge in [-0.3, -0.25) is 0 Å². The molecular formula is C11H17N3O2. The number of nitrogen functional groups attached to an aromatic ring is 1. The fourth-order valence-corrected chi connectivity index (χ4v) is 1.98. The van der Waals surface area contributed by atoms with Crippen LogP contribution in [0.25, 0.3) is 0 Å². The fourth-order valence-electron chi connectivity index (χ4n) is 1.98. The summed E-state index contributed by atoms with van der Waals surface area (Å²) >= 11 is 0. The predicted molar refractivity (Wildman–Crippen MR) is 59.8 cm³/mol. The average Bonchev–Trinajstić information content (AvgIpc) is 2.31. The molecule has 16 heavy (non-hydrogen) atoms. The highest BCUT2D eigenvalue weighted by atomic mass is 16.5. The molecule has 0 radical (unpaired) electrons. The van der Waals surface area contributed by atoms with Crippen molar-refractivity contribution in [2.75, 3.05) is 25.6 Å². The Morgan fingerprint density at radius 2 is 2.00 bits per heavy atom. The van der Waals surface area contributed by atoms with Gasteiger partial charge in [0.1, 0.15) is 5.60 Å². The van der Waals surface area contributed by atoms with Gasteiger partial charge in [0.15, 0.2) is 5.82 Å². The zero-order chi connectivity index (χ0) is 11.4. The normalized spacial score (nSPS) is 19.6. The minimum Gasteiger partial charge on any atom is -0.396 e. The lowest BCUT2D eigenvalue weighted by Gasteiger charge is -2.35. The third kappa shape index (κ3) is 2.15. The van der Waals surface area contributed by atoms with Crippen molar-refractivity contribution < 1.29 is 9.47 Å². The molecule has 2 rings (SSSR count). The van der Waals surface area contributed by atoms with Gasteiger partial charge in [0.2, 0.25) is 0 Å². The van der Waals surface area contributed by atoms with Crippen molar-refractivity contribution in [3.05, 3.63) is 18.2 Å². The molecule has 5 nitrogen and oxygen atoms in total. The van der Waals surface area contributed by atoms with Crippen LogP contribution in [0.1, 0.15) is 25.6 Å². The van der Waals surface area contributed by atoms with Gasteiger partial charge in [-0.2, -0.15) is 0 Å². The van der Waals surface area contributed by atoms with E-state index in [4.69, 9.17) is 15.2 Å². The summed E-state index contributed by atoms with van der Waals surface area (Å²) in [6.07, 6.45) is 4.84. The lowest BCUT2D eigenvalue weighted by atomic mass is 9.93. The Hall–Kier alpha value is -1.20. The van der Waals surface area contributed by atoms with Gasteiger partial charge in [-0.1, -0.05) is 0 Å². The van der Waals surface area contributed by atoms with Crippen LogP contribution in [-0.4, -0.2) is 29.8 Å². The Morgan fingerprint density at radius 3 is 2.56 bits per heavy atom. The first-order valence-electron chi connectivity index (χ1n) is 5.56. The number of ether oxygens (including phenoxy) is 2. The van der Waals surface area contributed by atoms with Crippen molar-refractivity contribution in [3.63, 3.8) is 0 Å². The molecule has 0 bridgehead atoms. The summed E-state index contributed by atoms with van der Waals surface area (Å²) in [6.45, 7) is 4.00. The lowest BCUT2D eigenvalue weighted by Crippen LogP contribution is -2.38. The van der Waals surface area contributed by atoms with Gasteiger partial charge < -0.3 is 15.2 Å². The molecule has 0 saturated carbocycles. The largest absolute Gasteiger partial charge is 0.396 e. The first kappa shape index (κ1) is 11.3. The number of aromatic nitrogens is 2. The maximum Gasteiger partial charge on any atom is 0.160 e. The second-order valence-electron chi connectivity index (χ2n) is 3.88. The van der Waals surface area contributed by atoms with Crippen LogP contribution in [0.3, 0.4) is 0 Å². The smallest absolute Gasteiger partial charge is 0.160 e. The van der Waals surface area contributed by atoms with Gasteiger partial charge >= 0.3 is 0 Å². The Labute approximate surface area is 95.0 Å². The Balaban J connectivity index is 2.26. The van der Waals surface area contributed by atoms with E-state index in [1.165, 1.54) is 0 Å². The number of rotatable bonds is 3. The van der Waals surface area contributed by atoms with E-state index < -0.39 is 0 Å². The van der Waals surface area contributed by atoms with E-state index in [1.807, 2.05) is 6.92 Å². The predicted octanol–water partition coefficient (Wildman–Crippen LogP) is 1.10. The number of nitrogens with two attached hydrogens (primary N) is 1. The van der Waals surface area contributed by atoms with Gasteiger partial charge in [-0.05, 0) is 6.92 Å². The van der Waals surface area contributed by atoms with Crippen LogP contribution in [0.2, 0.25) is 0 Å². The summed E-state index contributed by atoms with van der Waals surface area (Å²) in [5.74, 6) is 0.715. The summed E-state index contributed by atoms with van der Waals surface area (Å²) < 4.78 is 11.2. The molecule has 0 amide bonds. The van der Waals surface area contributed by atoms with E-state index in [0.29, 0.717) is 31.3 Å². The van der Waals surface area contributed by atoms with Crippen LogP contribution in [0.5, 0.6) is 0 Å². The molecule has 0 spiro atoms. The van der Waals surface area contributed by atoms with Gasteiger partial charge in [0.05, 0.1) is 18.1 Å². The molecule has 1 aromatic heterocycles. The van der Waals surface area contributed by atoms with Crippen LogP contribution in [-0.2, 0) is 15.1 Å². The number of hydrogen-bond acceptors (Lipinski definition) is 5. The molecule has 0 atom stereocenters. The van der Waals surface area contributed by atoms with Crippen molar-refractivity contribution in [2.45, 2.75) is 25.4 Å². The number of nitrogens with zero attached hydrogens (tertiary/aromatic N) is 2. The zero-order valence-electron chi connectivity index (χ0n) is 9.48. The maximum absolute atomic E-state index is 5.85. The van der Waals surface area contributed by atoms with Gasteiger partial charge in [0, 0.05) is 32.7 Å². The summed E-state index contributed by atoms with van der Waals surface area (Å²) in [6, 6.07) is 0. The maximum atomic E-state index is 5.85. The molecule has 88 valence electrons. The van der Waals surface area contributed by atoms with Crippen molar-refractivity contribution >= 4 is 5.69 Å². The summed E-state index contributed by atoms with van der Waals surface area (Å²) in [7, 11) is 0. The topological polar surface area (TPSA) is 70.3 Å². The zero-order valence-corrected chi connectivity index (χ0v) is 9.48. The van der Waals surface area contributed by atoms with E-state index in [2.05, 4.69) is 9.97 Å². The molecule has 5 heteroatoms. The monoisotopic (exact) mass is 223 g/mol. The second kappa shape index (κ2) is 4.76. The molecule has 1 aliphatic heterocycles. The fraction of sp³-hybridized carbons (Fsp3) is 0.636. The first-order chi connectivity index (χ1) is 7.77. The van der Waals surface area contributed by atoms with Crippen molar-refractivity contribution in [1.29, 1.82) is 0 Å². The molecule has 0 unspecified atom stereocenters. The average molecular weight is 223 g/mol. The third-order valence-corrected chi connectivity index (χ3v) is 2.80. The molecule has 2 heterocycles. The summed E-state index contributed by atoms with van der Waals surface area (Å²) in [5.41, 5.74) is 5.77. The van der Waals surface area contributed by atoms with Crippen molar-refractivity contribution in [3.8, 4) is 0 Å². The van der Waals surface area contributed by atoms with Crippen LogP contribution >= 0.6 is 0 Å². The van der Waals surface area contributed by atoms with Crippen LogP contribution in [0.4, 0.5) is 5.69 Å². The minimum absolute atomic E-state index is 0.388. The molecule has 1 aliphatic rings. The Morgan fingerprint density at radius 1 is 1.38 bits per heavy atom. The Kier molecular flexibility index (Phi) is 3.36. The molecule has 0 aliphatic carbocycles. The molecule has 0 aromatic carbocycles. The number of hydrogen-bond donors (Lipinski definition) is 1. The van der Waals surface area contributed by atoms with E-state index in [-0.39, 0.29) is 5.60 Å². The van der Waals surface area contributed by atoms with E-state index in [0.717, 1.165) is 12.8 Å². The van der Waals surface area contributed by atoms with E-state index in [9.17, 15) is 0 Å². The highest BCUT2D eigenvalue weighted by Crippen LogP contribution is 2.33. The standard InChI is InChI=1S/C11H17N3O2/c1-2-16-11(3-5-15-6-4-11)10-13-7-9(12)8-14-10/h7-8H,2-6,12H2,1H3. The molecule has 2 N–H and O–H groups in total. The third-order valence-electron chi connectivity index (χ3n) is 2.80. The molecule has 1 fully saturated rings. The van der Waals surface area contributed by atoms with Gasteiger partial charge in [-0.15, -0.1) is 0 Å². The van der Waals surface area contributed by atoms with Gasteiger partial charge in [-0.25, -0.2) is 9.97 Å². The van der Waals surface area contributed by atoms with E-state index >= 15 is 0 Å². The first-order valence-corrected chi connectivity index (χ1v) is 5.56. The lowest BCUT2D eigenvalue weighted by molar-refractivity contribution is -0.117. The molecule has 1 saturated heterocycles. The van der Waals surface area contributed by atoms with Crippen molar-refractivity contribution in [1.82, 2.24) is 9.97 Å².